The van der Waals surface area contributed by atoms with Crippen LogP contribution in [0.3, 0.4) is 0 Å². The topological polar surface area (TPSA) is 201 Å². The van der Waals surface area contributed by atoms with E-state index in [1.54, 1.807) is 30.3 Å². The quantitative estimate of drug-likeness (QED) is 0.163. The molecule has 0 bridgehead atoms. The van der Waals surface area contributed by atoms with Crippen molar-refractivity contribution < 1.29 is 23.9 Å². The molecule has 15 heteroatoms. The second kappa shape index (κ2) is 18.2. The zero-order chi connectivity index (χ0) is 40.7. The first-order chi connectivity index (χ1) is 27.2. The Hall–Kier alpha value is -5.54. The maximum absolute atomic E-state index is 14.2. The number of carbonyl (C=O) groups excluding carboxylic acids is 4. The maximum atomic E-state index is 14.2. The number of H-pyrrole nitrogens is 1. The Balaban J connectivity index is 1.11. The Kier molecular flexibility index (Phi) is 13.1. The van der Waals surface area contributed by atoms with Gasteiger partial charge >= 0.3 is 6.09 Å². The summed E-state index contributed by atoms with van der Waals surface area (Å²) in [6.07, 6.45) is 4.15. The number of piperidine rings is 1. The van der Waals surface area contributed by atoms with E-state index in [0.29, 0.717) is 55.0 Å². The van der Waals surface area contributed by atoms with E-state index in [1.165, 1.54) is 4.90 Å². The molecule has 0 spiro atoms. The number of amides is 4. The smallest absolute Gasteiger partial charge is 0.407 e. The molecule has 1 atom stereocenters. The first-order valence-electron chi connectivity index (χ1n) is 19.7. The highest BCUT2D eigenvalue weighted by molar-refractivity contribution is 6.17. The van der Waals surface area contributed by atoms with E-state index < -0.39 is 29.6 Å². The van der Waals surface area contributed by atoms with Crippen molar-refractivity contribution in [3.05, 3.63) is 77.6 Å². The van der Waals surface area contributed by atoms with Crippen LogP contribution in [0.25, 0.3) is 22.5 Å². The summed E-state index contributed by atoms with van der Waals surface area (Å²) < 4.78 is 5.37. The number of ether oxygens (including phenoxy) is 1. The largest absolute Gasteiger partial charge is 0.444 e. The number of carbonyl (C=O) groups is 4. The molecule has 15 nitrogen and oxygen atoms in total. The standard InChI is InChI=1S/C42H54N10O5/c1-26-34(18-19-36(45-26)38(53)46-32-20-22-51(5)23-21-32)29-10-6-27(7-11-29)24-35(43)40(55)52(33-16-14-30(15-17-33)37-47-49-50-48-37)39(54)31-12-8-28(9-13-31)25-44-41(56)57-42(2,3)4/h6-7,10-11,14-19,28,31-32,35H,8-9,12-13,20-25,43H2,1-5H3,(H,44,56)(H,46,53)(H,47,48,49,50)/t28?,31?,35-/m0/s1. The van der Waals surface area contributed by atoms with E-state index in [9.17, 15) is 19.2 Å². The van der Waals surface area contributed by atoms with Crippen LogP contribution in [-0.2, 0) is 20.7 Å². The summed E-state index contributed by atoms with van der Waals surface area (Å²) in [5, 5.41) is 20.1. The van der Waals surface area contributed by atoms with Crippen LogP contribution in [0, 0.1) is 18.8 Å². The fourth-order valence-corrected chi connectivity index (χ4v) is 7.48. The van der Waals surface area contributed by atoms with Crippen LogP contribution >= 0.6 is 0 Å². The summed E-state index contributed by atoms with van der Waals surface area (Å²) in [5.41, 5.74) is 10.9. The molecule has 1 saturated carbocycles. The number of aromatic nitrogens is 5. The van der Waals surface area contributed by atoms with Gasteiger partial charge in [-0.15, -0.1) is 10.2 Å². The van der Waals surface area contributed by atoms with Crippen LogP contribution in [0.2, 0.25) is 0 Å². The number of tetrazole rings is 1. The van der Waals surface area contributed by atoms with Gasteiger partial charge in [-0.25, -0.2) is 14.7 Å². The van der Waals surface area contributed by atoms with Crippen molar-refractivity contribution in [1.82, 2.24) is 41.1 Å². The van der Waals surface area contributed by atoms with Gasteiger partial charge in [0.15, 0.2) is 0 Å². The maximum Gasteiger partial charge on any atom is 0.407 e. The van der Waals surface area contributed by atoms with E-state index in [-0.39, 0.29) is 30.2 Å². The van der Waals surface area contributed by atoms with E-state index in [1.807, 2.05) is 58.0 Å². The van der Waals surface area contributed by atoms with Crippen LogP contribution in [0.1, 0.15) is 81.0 Å². The molecular weight excluding hydrogens is 725 g/mol. The average molecular weight is 779 g/mol. The Bertz CT molecular complexity index is 2000. The Morgan fingerprint density at radius 3 is 2.21 bits per heavy atom. The number of pyridine rings is 1. The van der Waals surface area contributed by atoms with Crippen molar-refractivity contribution in [3.63, 3.8) is 0 Å². The molecule has 0 radical (unpaired) electrons. The monoisotopic (exact) mass is 778 g/mol. The van der Waals surface area contributed by atoms with Gasteiger partial charge in [-0.1, -0.05) is 30.3 Å². The number of hydrogen-bond acceptors (Lipinski definition) is 11. The molecule has 4 amide bonds. The Morgan fingerprint density at radius 1 is 0.930 bits per heavy atom. The third-order valence-electron chi connectivity index (χ3n) is 10.7. The molecular formula is C42H54N10O5. The van der Waals surface area contributed by atoms with Crippen LogP contribution < -0.4 is 21.3 Å². The Labute approximate surface area is 333 Å². The van der Waals surface area contributed by atoms with Gasteiger partial charge in [0.2, 0.25) is 11.7 Å². The van der Waals surface area contributed by atoms with Crippen molar-refractivity contribution in [2.45, 2.75) is 90.3 Å². The molecule has 5 N–H and O–H groups in total. The van der Waals surface area contributed by atoms with Crippen molar-refractivity contribution in [2.75, 3.05) is 31.6 Å². The summed E-state index contributed by atoms with van der Waals surface area (Å²) >= 11 is 0. The number of aromatic amines is 1. The highest BCUT2D eigenvalue weighted by atomic mass is 16.6. The van der Waals surface area contributed by atoms with E-state index in [4.69, 9.17) is 10.5 Å². The molecule has 2 aromatic carbocycles. The second-order valence-corrected chi connectivity index (χ2v) is 16.3. The van der Waals surface area contributed by atoms with Gasteiger partial charge in [0.1, 0.15) is 11.3 Å². The third-order valence-corrected chi connectivity index (χ3v) is 10.7. The lowest BCUT2D eigenvalue weighted by Crippen LogP contribution is -2.50. The van der Waals surface area contributed by atoms with Gasteiger partial charge in [-0.05, 0) is 145 Å². The van der Waals surface area contributed by atoms with Gasteiger partial charge < -0.3 is 26.0 Å². The summed E-state index contributed by atoms with van der Waals surface area (Å²) in [5.74, 6) is -0.777. The van der Waals surface area contributed by atoms with Crippen molar-refractivity contribution in [1.29, 1.82) is 0 Å². The lowest BCUT2D eigenvalue weighted by molar-refractivity contribution is -0.130. The number of nitrogens with zero attached hydrogens (tertiary/aromatic N) is 6. The molecule has 1 aliphatic heterocycles. The predicted molar refractivity (Wildman–Crippen MR) is 216 cm³/mol. The molecule has 4 aromatic rings. The summed E-state index contributed by atoms with van der Waals surface area (Å²) in [7, 11) is 2.09. The van der Waals surface area contributed by atoms with Gasteiger partial charge in [-0.3, -0.25) is 14.4 Å². The molecule has 2 aliphatic rings. The number of hydrogen-bond donors (Lipinski definition) is 4. The number of likely N-dealkylation sites (tertiary alicyclic amines) is 1. The van der Waals surface area contributed by atoms with E-state index in [2.05, 4.69) is 48.2 Å². The minimum absolute atomic E-state index is 0.149. The average Bonchev–Trinajstić information content (AvgIpc) is 3.74. The number of rotatable bonds is 11. The molecule has 302 valence electrons. The number of nitrogens with one attached hydrogen (secondary N) is 3. The van der Waals surface area contributed by atoms with Crippen molar-refractivity contribution >= 4 is 29.5 Å². The summed E-state index contributed by atoms with van der Waals surface area (Å²) in [4.78, 5) is 61.7. The lowest BCUT2D eigenvalue weighted by atomic mass is 9.81. The summed E-state index contributed by atoms with van der Waals surface area (Å²) in [6.45, 7) is 9.71. The third kappa shape index (κ3) is 10.9. The van der Waals surface area contributed by atoms with E-state index >= 15 is 0 Å². The van der Waals surface area contributed by atoms with Gasteiger partial charge in [0.25, 0.3) is 11.8 Å². The van der Waals surface area contributed by atoms with Crippen LogP contribution in [0.5, 0.6) is 0 Å². The molecule has 2 aromatic heterocycles. The minimum atomic E-state index is -1.00. The fraction of sp³-hybridized carbons (Fsp3) is 0.476. The number of imide groups is 1. The lowest BCUT2D eigenvalue weighted by Gasteiger charge is -2.32. The highest BCUT2D eigenvalue weighted by Crippen LogP contribution is 2.32. The predicted octanol–water partition coefficient (Wildman–Crippen LogP) is 4.82. The number of benzene rings is 2. The first kappa shape index (κ1) is 41.1. The fourth-order valence-electron chi connectivity index (χ4n) is 7.48. The number of alkyl carbamates (subject to hydrolysis) is 1. The molecule has 0 unspecified atom stereocenters. The molecule has 3 heterocycles. The van der Waals surface area contributed by atoms with Gasteiger partial charge in [0.05, 0.1) is 11.7 Å². The molecule has 1 aliphatic carbocycles. The summed E-state index contributed by atoms with van der Waals surface area (Å²) in [6, 6.07) is 17.4. The minimum Gasteiger partial charge on any atom is -0.444 e. The zero-order valence-corrected chi connectivity index (χ0v) is 33.5. The molecule has 57 heavy (non-hydrogen) atoms. The number of anilines is 1. The van der Waals surface area contributed by atoms with Gasteiger partial charge in [-0.2, -0.15) is 5.21 Å². The number of aryl methyl sites for hydroxylation is 1. The van der Waals surface area contributed by atoms with Crippen LogP contribution in [0.15, 0.2) is 60.7 Å². The van der Waals surface area contributed by atoms with Crippen LogP contribution in [-0.4, -0.2) is 98.7 Å². The molecule has 1 saturated heterocycles. The highest BCUT2D eigenvalue weighted by Gasteiger charge is 2.35. The first-order valence-corrected chi connectivity index (χ1v) is 19.7. The Morgan fingerprint density at radius 2 is 1.60 bits per heavy atom. The normalized spacial score (nSPS) is 18.4. The van der Waals surface area contributed by atoms with Crippen molar-refractivity contribution in [2.24, 2.45) is 17.6 Å². The molecule has 2 fully saturated rings. The SMILES string of the molecule is Cc1nc(C(=O)NC2CCN(C)CC2)ccc1-c1ccc(C[C@H](N)C(=O)N(C(=O)C2CCC(CNC(=O)OC(C)(C)C)CC2)c2ccc(-c3nn[nH]n3)cc2)cc1. The molecule has 6 rings (SSSR count). The van der Waals surface area contributed by atoms with Crippen molar-refractivity contribution in [3.8, 4) is 22.5 Å². The number of nitrogens with two attached hydrogens (primary N) is 1. The second-order valence-electron chi connectivity index (χ2n) is 16.3. The van der Waals surface area contributed by atoms with Gasteiger partial charge in [0, 0.05) is 35.3 Å². The zero-order valence-electron chi connectivity index (χ0n) is 33.5. The van der Waals surface area contributed by atoms with E-state index in [0.717, 1.165) is 48.3 Å². The van der Waals surface area contributed by atoms with Crippen LogP contribution in [0.4, 0.5) is 10.5 Å².